The fourth-order valence-corrected chi connectivity index (χ4v) is 2.79. The molecule has 0 aliphatic heterocycles. The van der Waals surface area contributed by atoms with E-state index in [0.717, 1.165) is 24.2 Å². The van der Waals surface area contributed by atoms with Crippen molar-refractivity contribution in [1.82, 2.24) is 0 Å². The van der Waals surface area contributed by atoms with E-state index in [4.69, 9.17) is 15.4 Å². The van der Waals surface area contributed by atoms with E-state index in [1.54, 1.807) is 12.1 Å². The molecule has 0 radical (unpaired) electrons. The minimum absolute atomic E-state index is 0.195. The van der Waals surface area contributed by atoms with Gasteiger partial charge in [0.2, 0.25) is 0 Å². The SMILES string of the molecule is CCCCCCCOc1ccc(C[C@@](N)(CO)COP(=O)([O-])O)cc1. The average molecular weight is 374 g/mol. The minimum atomic E-state index is -4.87. The first-order chi connectivity index (χ1) is 11.8. The highest BCUT2D eigenvalue weighted by Crippen LogP contribution is 2.31. The summed E-state index contributed by atoms with van der Waals surface area (Å²) in [6.07, 6.45) is 6.07. The number of benzene rings is 1. The summed E-state index contributed by atoms with van der Waals surface area (Å²) in [5.41, 5.74) is 5.43. The van der Waals surface area contributed by atoms with E-state index in [1.807, 2.05) is 12.1 Å². The summed E-state index contributed by atoms with van der Waals surface area (Å²) >= 11 is 0. The Labute approximate surface area is 149 Å². The summed E-state index contributed by atoms with van der Waals surface area (Å²) in [7, 11) is -4.87. The van der Waals surface area contributed by atoms with Crippen LogP contribution in [0.4, 0.5) is 0 Å². The number of aliphatic hydroxyl groups excluding tert-OH is 1. The number of ether oxygens (including phenoxy) is 1. The summed E-state index contributed by atoms with van der Waals surface area (Å²) in [5.74, 6) is 0.751. The van der Waals surface area contributed by atoms with Gasteiger partial charge in [0.15, 0.2) is 0 Å². The average Bonchev–Trinajstić information content (AvgIpc) is 2.57. The van der Waals surface area contributed by atoms with E-state index in [-0.39, 0.29) is 6.42 Å². The fourth-order valence-electron chi connectivity index (χ4n) is 2.37. The molecule has 0 amide bonds. The molecule has 1 aromatic rings. The van der Waals surface area contributed by atoms with Crippen LogP contribution in [0.5, 0.6) is 5.75 Å². The van der Waals surface area contributed by atoms with Gasteiger partial charge in [0.1, 0.15) is 5.75 Å². The Morgan fingerprint density at radius 1 is 1.20 bits per heavy atom. The summed E-state index contributed by atoms with van der Waals surface area (Å²) in [6, 6.07) is 7.23. The lowest BCUT2D eigenvalue weighted by Gasteiger charge is -2.29. The van der Waals surface area contributed by atoms with Crippen LogP contribution in [-0.4, -0.2) is 35.4 Å². The van der Waals surface area contributed by atoms with Gasteiger partial charge in [0.25, 0.3) is 7.82 Å². The zero-order chi connectivity index (χ0) is 18.8. The molecule has 0 aliphatic rings. The van der Waals surface area contributed by atoms with Crippen LogP contribution in [0, 0.1) is 0 Å². The van der Waals surface area contributed by atoms with Gasteiger partial charge < -0.3 is 29.9 Å². The van der Waals surface area contributed by atoms with E-state index in [0.29, 0.717) is 6.61 Å². The Kier molecular flexibility index (Phi) is 9.64. The van der Waals surface area contributed by atoms with Gasteiger partial charge >= 0.3 is 0 Å². The van der Waals surface area contributed by atoms with Crippen molar-refractivity contribution in [3.05, 3.63) is 29.8 Å². The zero-order valence-electron chi connectivity index (χ0n) is 14.7. The molecule has 0 bridgehead atoms. The van der Waals surface area contributed by atoms with E-state index in [2.05, 4.69) is 11.4 Å². The number of hydrogen-bond acceptors (Lipinski definition) is 6. The van der Waals surface area contributed by atoms with Gasteiger partial charge in [0, 0.05) is 0 Å². The van der Waals surface area contributed by atoms with Crippen molar-refractivity contribution in [3.8, 4) is 5.75 Å². The van der Waals surface area contributed by atoms with Crippen molar-refractivity contribution < 1.29 is 28.7 Å². The van der Waals surface area contributed by atoms with Gasteiger partial charge in [0.05, 0.1) is 25.4 Å². The van der Waals surface area contributed by atoms with Gasteiger partial charge in [-0.2, -0.15) is 0 Å². The largest absolute Gasteiger partial charge is 0.756 e. The van der Waals surface area contributed by atoms with Crippen molar-refractivity contribution in [2.24, 2.45) is 5.73 Å². The molecule has 0 heterocycles. The molecule has 0 saturated carbocycles. The van der Waals surface area contributed by atoms with E-state index >= 15 is 0 Å². The Morgan fingerprint density at radius 3 is 2.40 bits per heavy atom. The summed E-state index contributed by atoms with van der Waals surface area (Å²) < 4.78 is 20.7. The predicted octanol–water partition coefficient (Wildman–Crippen LogP) is 1.75. The first-order valence-corrected chi connectivity index (χ1v) is 10.1. The normalized spacial score (nSPS) is 16.2. The van der Waals surface area contributed by atoms with Crippen LogP contribution in [-0.2, 0) is 15.5 Å². The monoisotopic (exact) mass is 374 g/mol. The maximum absolute atomic E-state index is 10.7. The van der Waals surface area contributed by atoms with Crippen LogP contribution in [0.15, 0.2) is 24.3 Å². The molecule has 144 valence electrons. The molecule has 0 aromatic heterocycles. The lowest BCUT2D eigenvalue weighted by Crippen LogP contribution is -2.50. The van der Waals surface area contributed by atoms with Gasteiger partial charge in [-0.15, -0.1) is 0 Å². The second-order valence-electron chi connectivity index (χ2n) is 6.35. The van der Waals surface area contributed by atoms with E-state index < -0.39 is 26.6 Å². The molecule has 8 heteroatoms. The second-order valence-corrected chi connectivity index (χ2v) is 7.54. The maximum atomic E-state index is 10.7. The molecular weight excluding hydrogens is 345 g/mol. The third-order valence-corrected chi connectivity index (χ3v) is 4.28. The van der Waals surface area contributed by atoms with Crippen LogP contribution in [0.2, 0.25) is 0 Å². The van der Waals surface area contributed by atoms with Gasteiger partial charge in [-0.3, -0.25) is 4.57 Å². The summed E-state index contributed by atoms with van der Waals surface area (Å²) in [4.78, 5) is 19.3. The van der Waals surface area contributed by atoms with Crippen LogP contribution < -0.4 is 15.4 Å². The molecule has 25 heavy (non-hydrogen) atoms. The van der Waals surface area contributed by atoms with Crippen LogP contribution in [0.3, 0.4) is 0 Å². The Bertz CT molecular complexity index is 532. The lowest BCUT2D eigenvalue weighted by molar-refractivity contribution is -0.221. The summed E-state index contributed by atoms with van der Waals surface area (Å²) in [6.45, 7) is 1.86. The quantitative estimate of drug-likeness (QED) is 0.355. The number of rotatable bonds is 13. The molecule has 1 unspecified atom stereocenters. The standard InChI is InChI=1S/C17H30NO6P/c1-2-3-4-5-6-11-23-16-9-7-15(8-10-16)12-17(18,13-19)14-24-25(20,21)22/h7-10,19H,2-6,11-14,18H2,1H3,(H2,20,21,22)/p-1/t17-/m1/s1. The van der Waals surface area contributed by atoms with Crippen LogP contribution >= 0.6 is 7.82 Å². The number of phosphoric ester groups is 1. The third-order valence-electron chi connectivity index (χ3n) is 3.83. The Balaban J connectivity index is 2.45. The van der Waals surface area contributed by atoms with Crippen molar-refractivity contribution in [1.29, 1.82) is 0 Å². The molecule has 4 N–H and O–H groups in total. The van der Waals surface area contributed by atoms with Gasteiger partial charge in [-0.1, -0.05) is 44.7 Å². The van der Waals surface area contributed by atoms with Gasteiger partial charge in [-0.05, 0) is 30.5 Å². The molecule has 0 saturated heterocycles. The van der Waals surface area contributed by atoms with Gasteiger partial charge in [-0.25, -0.2) is 0 Å². The second kappa shape index (κ2) is 10.9. The molecule has 0 spiro atoms. The van der Waals surface area contributed by atoms with Crippen molar-refractivity contribution >= 4 is 7.82 Å². The molecule has 0 aliphatic carbocycles. The maximum Gasteiger partial charge on any atom is 0.265 e. The predicted molar refractivity (Wildman–Crippen MR) is 94.2 cm³/mol. The molecular formula is C17H29NO6P-. The number of phosphoric acid groups is 1. The highest BCUT2D eigenvalue weighted by molar-refractivity contribution is 7.44. The first kappa shape index (κ1) is 22.1. The smallest absolute Gasteiger partial charge is 0.265 e. The highest BCUT2D eigenvalue weighted by atomic mass is 31.2. The molecule has 2 atom stereocenters. The lowest BCUT2D eigenvalue weighted by atomic mass is 9.93. The Hall–Kier alpha value is -0.950. The number of aliphatic hydroxyl groups is 1. The highest BCUT2D eigenvalue weighted by Gasteiger charge is 2.26. The molecule has 7 nitrogen and oxygen atoms in total. The van der Waals surface area contributed by atoms with Crippen molar-refractivity contribution in [3.63, 3.8) is 0 Å². The van der Waals surface area contributed by atoms with Crippen LogP contribution in [0.25, 0.3) is 0 Å². The summed E-state index contributed by atoms with van der Waals surface area (Å²) in [5, 5.41) is 9.40. The minimum Gasteiger partial charge on any atom is -0.756 e. The topological polar surface area (TPSA) is 125 Å². The first-order valence-electron chi connectivity index (χ1n) is 8.58. The zero-order valence-corrected chi connectivity index (χ0v) is 15.6. The molecule has 1 rings (SSSR count). The molecule has 0 fully saturated rings. The number of hydrogen-bond donors (Lipinski definition) is 3. The number of nitrogens with two attached hydrogens (primary N) is 1. The Morgan fingerprint density at radius 2 is 1.84 bits per heavy atom. The number of unbranched alkanes of at least 4 members (excludes halogenated alkanes) is 4. The van der Waals surface area contributed by atoms with Crippen molar-refractivity contribution in [2.45, 2.75) is 51.0 Å². The van der Waals surface area contributed by atoms with E-state index in [9.17, 15) is 14.6 Å². The third kappa shape index (κ3) is 9.94. The van der Waals surface area contributed by atoms with Crippen LogP contribution in [0.1, 0.15) is 44.6 Å². The fraction of sp³-hybridized carbons (Fsp3) is 0.647. The van der Waals surface area contributed by atoms with Crippen molar-refractivity contribution in [2.75, 3.05) is 19.8 Å². The molecule has 1 aromatic carbocycles. The van der Waals surface area contributed by atoms with E-state index in [1.165, 1.54) is 19.3 Å².